The third kappa shape index (κ3) is 1.01. The number of nitrogens with one attached hydrogen (secondary N) is 2. The highest BCUT2D eigenvalue weighted by Crippen LogP contribution is 2.42. The number of H-pyrrole nitrogens is 1. The van der Waals surface area contributed by atoms with Gasteiger partial charge < -0.3 is 10.3 Å². The molecule has 3 nitrogen and oxygen atoms in total. The van der Waals surface area contributed by atoms with Gasteiger partial charge in [0, 0.05) is 24.4 Å². The average molecular weight is 209 g/mol. The first-order chi connectivity index (χ1) is 6.83. The molecule has 14 heavy (non-hydrogen) atoms. The summed E-state index contributed by atoms with van der Waals surface area (Å²) in [5.74, 6) is 3.11. The molecular formula is C10H15N3S. The van der Waals surface area contributed by atoms with Crippen molar-refractivity contribution >= 4 is 11.8 Å². The molecule has 1 aromatic heterocycles. The molecule has 1 fully saturated rings. The van der Waals surface area contributed by atoms with Crippen molar-refractivity contribution in [2.75, 3.05) is 18.1 Å². The maximum Gasteiger partial charge on any atom is 0.0926 e. The van der Waals surface area contributed by atoms with Crippen LogP contribution < -0.4 is 5.32 Å². The van der Waals surface area contributed by atoms with Gasteiger partial charge in [0.15, 0.2) is 0 Å². The molecule has 0 bridgehead atoms. The summed E-state index contributed by atoms with van der Waals surface area (Å²) in [6, 6.07) is 0. The first-order valence-corrected chi connectivity index (χ1v) is 6.34. The first-order valence-electron chi connectivity index (χ1n) is 5.18. The van der Waals surface area contributed by atoms with Crippen molar-refractivity contribution in [3.63, 3.8) is 0 Å². The standard InChI is InChI=1S/C10H15N3S/c1-7-4-14-5-10(7)9-8(2-3-13-10)11-6-12-9/h6-7,13H,2-5H2,1H3,(H,11,12). The lowest BCUT2D eigenvalue weighted by molar-refractivity contribution is 0.268. The van der Waals surface area contributed by atoms with Crippen molar-refractivity contribution in [3.05, 3.63) is 17.7 Å². The van der Waals surface area contributed by atoms with E-state index < -0.39 is 0 Å². The topological polar surface area (TPSA) is 40.7 Å². The number of imidazole rings is 1. The molecule has 1 spiro atoms. The summed E-state index contributed by atoms with van der Waals surface area (Å²) < 4.78 is 0. The SMILES string of the molecule is CC1CSCC12NCCc1[nH]cnc12. The van der Waals surface area contributed by atoms with Gasteiger partial charge in [-0.3, -0.25) is 0 Å². The van der Waals surface area contributed by atoms with Crippen molar-refractivity contribution in [1.82, 2.24) is 15.3 Å². The van der Waals surface area contributed by atoms with Gasteiger partial charge in [-0.25, -0.2) is 4.98 Å². The van der Waals surface area contributed by atoms with Crippen LogP contribution in [0, 0.1) is 5.92 Å². The lowest BCUT2D eigenvalue weighted by atomic mass is 9.81. The van der Waals surface area contributed by atoms with Gasteiger partial charge in [-0.15, -0.1) is 0 Å². The Morgan fingerprint density at radius 2 is 2.57 bits per heavy atom. The Kier molecular flexibility index (Phi) is 1.89. The zero-order valence-electron chi connectivity index (χ0n) is 8.34. The molecule has 2 atom stereocenters. The highest BCUT2D eigenvalue weighted by molar-refractivity contribution is 7.99. The van der Waals surface area contributed by atoms with Crippen LogP contribution in [0.25, 0.3) is 0 Å². The quantitative estimate of drug-likeness (QED) is 0.673. The first kappa shape index (κ1) is 8.80. The molecular weight excluding hydrogens is 194 g/mol. The largest absolute Gasteiger partial charge is 0.348 e. The highest BCUT2D eigenvalue weighted by Gasteiger charge is 2.46. The highest BCUT2D eigenvalue weighted by atomic mass is 32.2. The monoisotopic (exact) mass is 209 g/mol. The Hall–Kier alpha value is -0.480. The number of fused-ring (bicyclic) bond motifs is 2. The minimum absolute atomic E-state index is 0.165. The Balaban J connectivity index is 2.10. The Labute approximate surface area is 88.1 Å². The summed E-state index contributed by atoms with van der Waals surface area (Å²) in [6.07, 6.45) is 2.93. The van der Waals surface area contributed by atoms with Crippen LogP contribution in [0.4, 0.5) is 0 Å². The van der Waals surface area contributed by atoms with E-state index in [0.29, 0.717) is 5.92 Å². The third-order valence-corrected chi connectivity index (χ3v) is 4.89. The normalized spacial score (nSPS) is 36.2. The van der Waals surface area contributed by atoms with Crippen molar-refractivity contribution in [1.29, 1.82) is 0 Å². The van der Waals surface area contributed by atoms with Gasteiger partial charge in [0.1, 0.15) is 0 Å². The molecule has 2 aliphatic rings. The molecule has 2 N–H and O–H groups in total. The minimum atomic E-state index is 0.165. The molecule has 0 aromatic carbocycles. The van der Waals surface area contributed by atoms with Crippen molar-refractivity contribution in [2.45, 2.75) is 18.9 Å². The second kappa shape index (κ2) is 3.00. The van der Waals surface area contributed by atoms with E-state index >= 15 is 0 Å². The molecule has 76 valence electrons. The minimum Gasteiger partial charge on any atom is -0.348 e. The molecule has 1 aromatic rings. The van der Waals surface area contributed by atoms with E-state index in [-0.39, 0.29) is 5.54 Å². The molecule has 4 heteroatoms. The molecule has 0 saturated carbocycles. The van der Waals surface area contributed by atoms with Crippen molar-refractivity contribution < 1.29 is 0 Å². The number of aromatic amines is 1. The van der Waals surface area contributed by atoms with Gasteiger partial charge in [0.2, 0.25) is 0 Å². The fourth-order valence-electron chi connectivity index (χ4n) is 2.60. The molecule has 2 unspecified atom stereocenters. The molecule has 3 heterocycles. The van der Waals surface area contributed by atoms with Crippen LogP contribution in [0.2, 0.25) is 0 Å². The molecule has 2 aliphatic heterocycles. The lowest BCUT2D eigenvalue weighted by Crippen LogP contribution is -2.51. The fraction of sp³-hybridized carbons (Fsp3) is 0.700. The van der Waals surface area contributed by atoms with E-state index in [0.717, 1.165) is 13.0 Å². The average Bonchev–Trinajstić information content (AvgIpc) is 2.76. The van der Waals surface area contributed by atoms with Gasteiger partial charge >= 0.3 is 0 Å². The summed E-state index contributed by atoms with van der Waals surface area (Å²) in [4.78, 5) is 7.78. The molecule has 0 aliphatic carbocycles. The van der Waals surface area contributed by atoms with E-state index in [1.165, 1.54) is 22.9 Å². The molecule has 0 amide bonds. The number of thioether (sulfide) groups is 1. The summed E-state index contributed by atoms with van der Waals surface area (Å²) in [6.45, 7) is 3.41. The summed E-state index contributed by atoms with van der Waals surface area (Å²) >= 11 is 2.04. The zero-order valence-corrected chi connectivity index (χ0v) is 9.16. The van der Waals surface area contributed by atoms with E-state index in [1.807, 2.05) is 18.1 Å². The van der Waals surface area contributed by atoms with E-state index in [4.69, 9.17) is 0 Å². The van der Waals surface area contributed by atoms with Crippen LogP contribution in [0.3, 0.4) is 0 Å². The van der Waals surface area contributed by atoms with Crippen molar-refractivity contribution in [3.8, 4) is 0 Å². The Morgan fingerprint density at radius 3 is 3.36 bits per heavy atom. The summed E-state index contributed by atoms with van der Waals surface area (Å²) in [5, 5.41) is 3.68. The third-order valence-electron chi connectivity index (χ3n) is 3.50. The number of hydrogen-bond acceptors (Lipinski definition) is 3. The molecule has 1 saturated heterocycles. The van der Waals surface area contributed by atoms with Crippen LogP contribution in [0.1, 0.15) is 18.3 Å². The Morgan fingerprint density at radius 1 is 1.64 bits per heavy atom. The second-order valence-electron chi connectivity index (χ2n) is 4.29. The number of rotatable bonds is 0. The van der Waals surface area contributed by atoms with E-state index in [9.17, 15) is 0 Å². The molecule has 3 rings (SSSR count). The van der Waals surface area contributed by atoms with Crippen molar-refractivity contribution in [2.24, 2.45) is 5.92 Å². The predicted octanol–water partition coefficient (Wildman–Crippen LogP) is 1.13. The zero-order chi connectivity index (χ0) is 9.60. The van der Waals surface area contributed by atoms with Crippen LogP contribution in [-0.4, -0.2) is 28.0 Å². The summed E-state index contributed by atoms with van der Waals surface area (Å²) in [5.41, 5.74) is 2.79. The lowest BCUT2D eigenvalue weighted by Gasteiger charge is -2.36. The maximum atomic E-state index is 4.51. The van der Waals surface area contributed by atoms with Crippen LogP contribution in [0.15, 0.2) is 6.33 Å². The number of nitrogens with zero attached hydrogens (tertiary/aromatic N) is 1. The summed E-state index contributed by atoms with van der Waals surface area (Å²) in [7, 11) is 0. The number of aromatic nitrogens is 2. The van der Waals surface area contributed by atoms with Gasteiger partial charge in [-0.2, -0.15) is 11.8 Å². The van der Waals surface area contributed by atoms with Crippen LogP contribution in [0.5, 0.6) is 0 Å². The van der Waals surface area contributed by atoms with Gasteiger partial charge in [-0.05, 0) is 11.7 Å². The number of hydrogen-bond donors (Lipinski definition) is 2. The van der Waals surface area contributed by atoms with E-state index in [1.54, 1.807) is 0 Å². The second-order valence-corrected chi connectivity index (χ2v) is 5.32. The van der Waals surface area contributed by atoms with Gasteiger partial charge in [0.25, 0.3) is 0 Å². The van der Waals surface area contributed by atoms with Gasteiger partial charge in [-0.1, -0.05) is 6.92 Å². The van der Waals surface area contributed by atoms with Crippen LogP contribution >= 0.6 is 11.8 Å². The fourth-order valence-corrected chi connectivity index (χ4v) is 4.20. The Bertz CT molecular complexity index is 349. The predicted molar refractivity (Wildman–Crippen MR) is 58.5 cm³/mol. The van der Waals surface area contributed by atoms with Gasteiger partial charge in [0.05, 0.1) is 17.6 Å². The maximum absolute atomic E-state index is 4.51. The smallest absolute Gasteiger partial charge is 0.0926 e. The van der Waals surface area contributed by atoms with Crippen LogP contribution in [-0.2, 0) is 12.0 Å². The van der Waals surface area contributed by atoms with E-state index in [2.05, 4.69) is 22.2 Å². The molecule has 0 radical (unpaired) electrons.